The first-order valence-electron chi connectivity index (χ1n) is 4.88. The molecule has 0 heterocycles. The quantitative estimate of drug-likeness (QED) is 0.600. The Kier molecular flexibility index (Phi) is 3.40. The molecule has 0 aromatic heterocycles. The van der Waals surface area contributed by atoms with Crippen LogP contribution in [0.3, 0.4) is 0 Å². The third-order valence-electron chi connectivity index (χ3n) is 2.07. The fourth-order valence-electron chi connectivity index (χ4n) is 1.31. The minimum absolute atomic E-state index is 0.157. The van der Waals surface area contributed by atoms with Crippen LogP contribution in [0.2, 0.25) is 5.02 Å². The van der Waals surface area contributed by atoms with Crippen molar-refractivity contribution in [3.63, 3.8) is 0 Å². The standard InChI is InChI=1S/C13H8ClFO2/c14-10-4-2-6-12(8-10)17-13(16)9-3-1-5-11(15)7-9/h1-8H. The normalized spacial score (nSPS) is 10.0. The van der Waals surface area contributed by atoms with E-state index in [0.717, 1.165) is 6.07 Å². The number of halogens is 2. The summed E-state index contributed by atoms with van der Waals surface area (Å²) >= 11 is 5.75. The van der Waals surface area contributed by atoms with E-state index in [1.54, 1.807) is 18.2 Å². The van der Waals surface area contributed by atoms with Gasteiger partial charge in [-0.3, -0.25) is 0 Å². The van der Waals surface area contributed by atoms with Crippen LogP contribution in [-0.4, -0.2) is 5.97 Å². The summed E-state index contributed by atoms with van der Waals surface area (Å²) in [6, 6.07) is 11.8. The third kappa shape index (κ3) is 3.04. The van der Waals surface area contributed by atoms with E-state index in [0.29, 0.717) is 10.8 Å². The molecule has 0 aliphatic rings. The molecule has 2 aromatic rings. The summed E-state index contributed by atoms with van der Waals surface area (Å²) in [5.74, 6) is -0.774. The molecule has 0 saturated carbocycles. The van der Waals surface area contributed by atoms with Crippen molar-refractivity contribution in [2.45, 2.75) is 0 Å². The first kappa shape index (κ1) is 11.6. The van der Waals surface area contributed by atoms with Gasteiger partial charge in [0.2, 0.25) is 0 Å². The van der Waals surface area contributed by atoms with Crippen LogP contribution in [0.25, 0.3) is 0 Å². The summed E-state index contributed by atoms with van der Waals surface area (Å²) in [7, 11) is 0. The summed E-state index contributed by atoms with van der Waals surface area (Å²) in [5, 5.41) is 0.467. The Bertz CT molecular complexity index is 555. The van der Waals surface area contributed by atoms with Crippen molar-refractivity contribution in [2.24, 2.45) is 0 Å². The molecule has 0 fully saturated rings. The molecule has 0 bridgehead atoms. The second-order valence-electron chi connectivity index (χ2n) is 3.36. The molecule has 17 heavy (non-hydrogen) atoms. The number of hydrogen-bond donors (Lipinski definition) is 0. The molecule has 86 valence electrons. The summed E-state index contributed by atoms with van der Waals surface area (Å²) in [6.45, 7) is 0. The summed E-state index contributed by atoms with van der Waals surface area (Å²) in [4.78, 5) is 11.6. The molecule has 0 amide bonds. The molecular weight excluding hydrogens is 243 g/mol. The van der Waals surface area contributed by atoms with Gasteiger partial charge in [0.05, 0.1) is 5.56 Å². The lowest BCUT2D eigenvalue weighted by Gasteiger charge is -2.04. The highest BCUT2D eigenvalue weighted by Crippen LogP contribution is 2.18. The Hall–Kier alpha value is -1.87. The average molecular weight is 251 g/mol. The number of esters is 1. The van der Waals surface area contributed by atoms with Crippen LogP contribution in [0.5, 0.6) is 5.75 Å². The van der Waals surface area contributed by atoms with Gasteiger partial charge in [-0.25, -0.2) is 9.18 Å². The highest BCUT2D eigenvalue weighted by atomic mass is 35.5. The molecule has 0 saturated heterocycles. The maximum atomic E-state index is 12.9. The SMILES string of the molecule is O=C(Oc1cccc(Cl)c1)c1cccc(F)c1. The Balaban J connectivity index is 2.17. The van der Waals surface area contributed by atoms with Gasteiger partial charge in [0.15, 0.2) is 0 Å². The predicted molar refractivity (Wildman–Crippen MR) is 62.8 cm³/mol. The van der Waals surface area contributed by atoms with Crippen molar-refractivity contribution in [1.82, 2.24) is 0 Å². The van der Waals surface area contributed by atoms with E-state index in [2.05, 4.69) is 0 Å². The minimum Gasteiger partial charge on any atom is -0.423 e. The molecule has 0 radical (unpaired) electrons. The van der Waals surface area contributed by atoms with Crippen molar-refractivity contribution in [2.75, 3.05) is 0 Å². The number of carbonyl (C=O) groups is 1. The molecule has 2 rings (SSSR count). The van der Waals surface area contributed by atoms with Gasteiger partial charge >= 0.3 is 5.97 Å². The molecule has 0 N–H and O–H groups in total. The average Bonchev–Trinajstić information content (AvgIpc) is 2.29. The maximum Gasteiger partial charge on any atom is 0.343 e. The Labute approximate surface area is 103 Å². The number of carbonyl (C=O) groups excluding carboxylic acids is 1. The molecular formula is C13H8ClFO2. The molecule has 4 heteroatoms. The van der Waals surface area contributed by atoms with Gasteiger partial charge < -0.3 is 4.74 Å². The van der Waals surface area contributed by atoms with Crippen molar-refractivity contribution >= 4 is 17.6 Å². The van der Waals surface area contributed by atoms with Crippen LogP contribution in [0.4, 0.5) is 4.39 Å². The van der Waals surface area contributed by atoms with Crippen molar-refractivity contribution < 1.29 is 13.9 Å². The van der Waals surface area contributed by atoms with Gasteiger partial charge in [0, 0.05) is 5.02 Å². The van der Waals surface area contributed by atoms with Crippen LogP contribution in [-0.2, 0) is 0 Å². The number of hydrogen-bond acceptors (Lipinski definition) is 2. The van der Waals surface area contributed by atoms with E-state index < -0.39 is 11.8 Å². The Morgan fingerprint density at radius 1 is 1.12 bits per heavy atom. The summed E-state index contributed by atoms with van der Waals surface area (Å²) in [5.41, 5.74) is 0.157. The zero-order valence-electron chi connectivity index (χ0n) is 8.69. The molecule has 0 atom stereocenters. The fourth-order valence-corrected chi connectivity index (χ4v) is 1.49. The molecule has 0 unspecified atom stereocenters. The zero-order valence-corrected chi connectivity index (χ0v) is 9.45. The van der Waals surface area contributed by atoms with Gasteiger partial charge in [-0.1, -0.05) is 23.7 Å². The summed E-state index contributed by atoms with van der Waals surface area (Å²) in [6.07, 6.45) is 0. The zero-order chi connectivity index (χ0) is 12.3. The van der Waals surface area contributed by atoms with Crippen molar-refractivity contribution in [3.05, 3.63) is 64.9 Å². The molecule has 0 aliphatic heterocycles. The largest absolute Gasteiger partial charge is 0.423 e. The third-order valence-corrected chi connectivity index (χ3v) is 2.30. The van der Waals surface area contributed by atoms with E-state index in [1.807, 2.05) is 0 Å². The van der Waals surface area contributed by atoms with Crippen molar-refractivity contribution in [1.29, 1.82) is 0 Å². The lowest BCUT2D eigenvalue weighted by molar-refractivity contribution is 0.0734. The smallest absolute Gasteiger partial charge is 0.343 e. The minimum atomic E-state index is -0.619. The lowest BCUT2D eigenvalue weighted by Crippen LogP contribution is -2.08. The molecule has 0 aliphatic carbocycles. The Morgan fingerprint density at radius 3 is 2.59 bits per heavy atom. The summed E-state index contributed by atoms with van der Waals surface area (Å²) < 4.78 is 17.9. The first-order valence-corrected chi connectivity index (χ1v) is 5.26. The number of benzene rings is 2. The lowest BCUT2D eigenvalue weighted by atomic mass is 10.2. The second kappa shape index (κ2) is 4.97. The van der Waals surface area contributed by atoms with E-state index in [4.69, 9.17) is 16.3 Å². The van der Waals surface area contributed by atoms with Gasteiger partial charge in [-0.15, -0.1) is 0 Å². The maximum absolute atomic E-state index is 12.9. The van der Waals surface area contributed by atoms with Crippen LogP contribution in [0, 0.1) is 5.82 Å². The molecule has 2 aromatic carbocycles. The molecule has 2 nitrogen and oxygen atoms in total. The van der Waals surface area contributed by atoms with Crippen LogP contribution < -0.4 is 4.74 Å². The van der Waals surface area contributed by atoms with Gasteiger partial charge in [-0.2, -0.15) is 0 Å². The highest BCUT2D eigenvalue weighted by molar-refractivity contribution is 6.30. The van der Waals surface area contributed by atoms with Gasteiger partial charge in [0.1, 0.15) is 11.6 Å². The second-order valence-corrected chi connectivity index (χ2v) is 3.79. The monoisotopic (exact) mass is 250 g/mol. The van der Waals surface area contributed by atoms with E-state index >= 15 is 0 Å². The van der Waals surface area contributed by atoms with Gasteiger partial charge in [-0.05, 0) is 36.4 Å². The van der Waals surface area contributed by atoms with Crippen LogP contribution in [0.1, 0.15) is 10.4 Å². The predicted octanol–water partition coefficient (Wildman–Crippen LogP) is 3.70. The Morgan fingerprint density at radius 2 is 1.88 bits per heavy atom. The first-order chi connectivity index (χ1) is 8.15. The van der Waals surface area contributed by atoms with Crippen LogP contribution in [0.15, 0.2) is 48.5 Å². The van der Waals surface area contributed by atoms with E-state index in [1.165, 1.54) is 24.3 Å². The number of rotatable bonds is 2. The van der Waals surface area contributed by atoms with E-state index in [9.17, 15) is 9.18 Å². The van der Waals surface area contributed by atoms with E-state index in [-0.39, 0.29) is 5.56 Å². The molecule has 0 spiro atoms. The number of ether oxygens (including phenoxy) is 1. The topological polar surface area (TPSA) is 26.3 Å². The van der Waals surface area contributed by atoms with Gasteiger partial charge in [0.25, 0.3) is 0 Å². The highest BCUT2D eigenvalue weighted by Gasteiger charge is 2.09. The van der Waals surface area contributed by atoms with Crippen molar-refractivity contribution in [3.8, 4) is 5.75 Å². The fraction of sp³-hybridized carbons (Fsp3) is 0. The van der Waals surface area contributed by atoms with Crippen LogP contribution >= 0.6 is 11.6 Å².